The van der Waals surface area contributed by atoms with E-state index >= 15 is 0 Å². The van der Waals surface area contributed by atoms with Crippen molar-refractivity contribution in [3.8, 4) is 0 Å². The molecule has 0 bridgehead atoms. The fourth-order valence-electron chi connectivity index (χ4n) is 2.78. The van der Waals surface area contributed by atoms with Crippen molar-refractivity contribution in [1.29, 1.82) is 0 Å². The first-order chi connectivity index (χ1) is 9.56. The Hall–Kier alpha value is -0.170. The van der Waals surface area contributed by atoms with Gasteiger partial charge in [0.15, 0.2) is 0 Å². The van der Waals surface area contributed by atoms with Crippen LogP contribution in [0.5, 0.6) is 0 Å². The van der Waals surface area contributed by atoms with Crippen LogP contribution in [0.3, 0.4) is 0 Å². The molecule has 1 rings (SSSR count). The lowest BCUT2D eigenvalue weighted by Gasteiger charge is -2.29. The number of hydrogen-bond acceptors (Lipinski definition) is 4. The number of piperidine rings is 1. The maximum atomic E-state index is 12.6. The van der Waals surface area contributed by atoms with Gasteiger partial charge in [-0.25, -0.2) is 12.7 Å². The van der Waals surface area contributed by atoms with Gasteiger partial charge in [-0.15, -0.1) is 0 Å². The van der Waals surface area contributed by atoms with E-state index in [1.54, 1.807) is 4.31 Å². The first kappa shape index (κ1) is 17.9. The highest BCUT2D eigenvalue weighted by Gasteiger charge is 2.31. The Balaban J connectivity index is 2.51. The Morgan fingerprint density at radius 1 is 1.00 bits per heavy atom. The van der Waals surface area contributed by atoms with Gasteiger partial charge in [-0.2, -0.15) is 0 Å². The average Bonchev–Trinajstić information content (AvgIpc) is 2.48. The second-order valence-corrected chi connectivity index (χ2v) is 7.58. The van der Waals surface area contributed by atoms with E-state index in [-0.39, 0.29) is 5.25 Å². The van der Waals surface area contributed by atoms with Crippen molar-refractivity contribution in [2.75, 3.05) is 45.8 Å². The summed E-state index contributed by atoms with van der Waals surface area (Å²) in [7, 11) is -3.11. The van der Waals surface area contributed by atoms with Crippen LogP contribution in [-0.4, -0.2) is 68.7 Å². The van der Waals surface area contributed by atoms with E-state index in [0.29, 0.717) is 13.1 Å². The Morgan fingerprint density at radius 2 is 1.60 bits per heavy atom. The SMILES string of the molecule is CCN(CC)CCCN(CC)S(=O)(=O)C1CCNCC1. The third-order valence-corrected chi connectivity index (χ3v) is 6.67. The summed E-state index contributed by atoms with van der Waals surface area (Å²) in [4.78, 5) is 2.34. The lowest BCUT2D eigenvalue weighted by molar-refractivity contribution is 0.284. The molecule has 0 aromatic rings. The summed E-state index contributed by atoms with van der Waals surface area (Å²) in [5.41, 5.74) is 0. The molecule has 1 N–H and O–H groups in total. The van der Waals surface area contributed by atoms with Crippen molar-refractivity contribution in [2.24, 2.45) is 0 Å². The first-order valence-corrected chi connectivity index (χ1v) is 9.48. The van der Waals surface area contributed by atoms with Gasteiger partial charge in [0.1, 0.15) is 0 Å². The van der Waals surface area contributed by atoms with Crippen LogP contribution < -0.4 is 5.32 Å². The van der Waals surface area contributed by atoms with Crippen molar-refractivity contribution in [1.82, 2.24) is 14.5 Å². The highest BCUT2D eigenvalue weighted by molar-refractivity contribution is 7.89. The van der Waals surface area contributed by atoms with Crippen LogP contribution in [-0.2, 0) is 10.0 Å². The molecule has 0 radical (unpaired) electrons. The largest absolute Gasteiger partial charge is 0.317 e. The van der Waals surface area contributed by atoms with Crippen molar-refractivity contribution < 1.29 is 8.42 Å². The maximum Gasteiger partial charge on any atom is 0.217 e. The van der Waals surface area contributed by atoms with E-state index in [1.165, 1.54) is 0 Å². The molecule has 20 heavy (non-hydrogen) atoms. The minimum Gasteiger partial charge on any atom is -0.317 e. The molecule has 1 fully saturated rings. The van der Waals surface area contributed by atoms with Crippen LogP contribution >= 0.6 is 0 Å². The first-order valence-electron chi connectivity index (χ1n) is 7.98. The van der Waals surface area contributed by atoms with Gasteiger partial charge in [-0.1, -0.05) is 20.8 Å². The third-order valence-electron chi connectivity index (χ3n) is 4.20. The molecule has 0 aromatic carbocycles. The Kier molecular flexibility index (Phi) is 8.02. The number of hydrogen-bond donors (Lipinski definition) is 1. The Labute approximate surface area is 124 Å². The number of nitrogens with one attached hydrogen (secondary N) is 1. The van der Waals surface area contributed by atoms with Gasteiger partial charge in [0.25, 0.3) is 0 Å². The van der Waals surface area contributed by atoms with Crippen molar-refractivity contribution >= 4 is 10.0 Å². The predicted octanol–water partition coefficient (Wildman–Crippen LogP) is 1.12. The van der Waals surface area contributed by atoms with Crippen LogP contribution in [0.25, 0.3) is 0 Å². The van der Waals surface area contributed by atoms with Crippen molar-refractivity contribution in [3.63, 3.8) is 0 Å². The van der Waals surface area contributed by atoms with E-state index in [0.717, 1.165) is 52.0 Å². The minimum atomic E-state index is -3.11. The molecule has 0 spiro atoms. The van der Waals surface area contributed by atoms with E-state index in [4.69, 9.17) is 0 Å². The zero-order chi connectivity index (χ0) is 15.0. The van der Waals surface area contributed by atoms with E-state index < -0.39 is 10.0 Å². The van der Waals surface area contributed by atoms with Crippen molar-refractivity contribution in [2.45, 2.75) is 45.3 Å². The summed E-state index contributed by atoms with van der Waals surface area (Å²) in [5.74, 6) is 0. The zero-order valence-corrected chi connectivity index (χ0v) is 14.1. The fourth-order valence-corrected chi connectivity index (χ4v) is 4.78. The molecular formula is C14H31N3O2S. The van der Waals surface area contributed by atoms with E-state index in [2.05, 4.69) is 24.1 Å². The summed E-state index contributed by atoms with van der Waals surface area (Å²) in [6.07, 6.45) is 2.41. The molecule has 6 heteroatoms. The molecule has 1 aliphatic heterocycles. The van der Waals surface area contributed by atoms with Crippen LogP contribution in [0.1, 0.15) is 40.0 Å². The quantitative estimate of drug-likeness (QED) is 0.694. The van der Waals surface area contributed by atoms with Gasteiger partial charge in [0.05, 0.1) is 5.25 Å². The zero-order valence-electron chi connectivity index (χ0n) is 13.3. The summed E-state index contributed by atoms with van der Waals surface area (Å²) in [5, 5.41) is 3.04. The fraction of sp³-hybridized carbons (Fsp3) is 1.00. The summed E-state index contributed by atoms with van der Waals surface area (Å²) in [6, 6.07) is 0. The predicted molar refractivity (Wildman–Crippen MR) is 84.5 cm³/mol. The maximum absolute atomic E-state index is 12.6. The van der Waals surface area contributed by atoms with Crippen LogP contribution in [0.4, 0.5) is 0 Å². The van der Waals surface area contributed by atoms with E-state index in [9.17, 15) is 8.42 Å². The molecule has 0 unspecified atom stereocenters. The van der Waals surface area contributed by atoms with Gasteiger partial charge in [0.2, 0.25) is 10.0 Å². The lowest BCUT2D eigenvalue weighted by Crippen LogP contribution is -2.44. The molecular weight excluding hydrogens is 274 g/mol. The molecule has 1 saturated heterocycles. The van der Waals surface area contributed by atoms with Gasteiger partial charge in [-0.05, 0) is 52.0 Å². The molecule has 120 valence electrons. The normalized spacial score (nSPS) is 18.1. The van der Waals surface area contributed by atoms with Gasteiger partial charge < -0.3 is 10.2 Å². The van der Waals surface area contributed by atoms with Crippen LogP contribution in [0, 0.1) is 0 Å². The molecule has 1 heterocycles. The highest BCUT2D eigenvalue weighted by Crippen LogP contribution is 2.18. The van der Waals surface area contributed by atoms with Gasteiger partial charge in [-0.3, -0.25) is 0 Å². The highest BCUT2D eigenvalue weighted by atomic mass is 32.2. The number of sulfonamides is 1. The smallest absolute Gasteiger partial charge is 0.217 e. The molecule has 0 atom stereocenters. The van der Waals surface area contributed by atoms with Gasteiger partial charge >= 0.3 is 0 Å². The molecule has 0 amide bonds. The van der Waals surface area contributed by atoms with Gasteiger partial charge in [0, 0.05) is 13.1 Å². The summed E-state index contributed by atoms with van der Waals surface area (Å²) < 4.78 is 26.9. The minimum absolute atomic E-state index is 0.183. The molecule has 5 nitrogen and oxygen atoms in total. The van der Waals surface area contributed by atoms with Crippen LogP contribution in [0.2, 0.25) is 0 Å². The van der Waals surface area contributed by atoms with Crippen LogP contribution in [0.15, 0.2) is 0 Å². The molecule has 0 aliphatic carbocycles. The second kappa shape index (κ2) is 8.97. The Bertz CT molecular complexity index is 349. The average molecular weight is 305 g/mol. The topological polar surface area (TPSA) is 52.7 Å². The molecule has 0 aromatic heterocycles. The molecule has 1 aliphatic rings. The second-order valence-electron chi connectivity index (χ2n) is 5.37. The summed E-state index contributed by atoms with van der Waals surface area (Å²) >= 11 is 0. The Morgan fingerprint density at radius 3 is 2.10 bits per heavy atom. The number of rotatable bonds is 9. The number of nitrogens with zero attached hydrogens (tertiary/aromatic N) is 2. The third kappa shape index (κ3) is 4.98. The molecule has 0 saturated carbocycles. The lowest BCUT2D eigenvalue weighted by atomic mass is 10.2. The summed E-state index contributed by atoms with van der Waals surface area (Å²) in [6.45, 7) is 12.2. The van der Waals surface area contributed by atoms with E-state index in [1.807, 2.05) is 6.92 Å². The standard InChI is InChI=1S/C14H31N3O2S/c1-4-16(5-2)12-7-13-17(6-3)20(18,19)14-8-10-15-11-9-14/h14-15H,4-13H2,1-3H3. The van der Waals surface area contributed by atoms with Crippen molar-refractivity contribution in [3.05, 3.63) is 0 Å². The monoisotopic (exact) mass is 305 g/mol.